The zero-order valence-electron chi connectivity index (χ0n) is 15.9. The number of carbonyl (C=O) groups is 1. The van der Waals surface area contributed by atoms with Gasteiger partial charge in [-0.25, -0.2) is 4.98 Å². The third-order valence-corrected chi connectivity index (χ3v) is 4.78. The minimum atomic E-state index is -0.0248. The minimum absolute atomic E-state index is 0.0248. The first kappa shape index (κ1) is 18.4. The van der Waals surface area contributed by atoms with Crippen molar-refractivity contribution < 1.29 is 14.3 Å². The standard InChI is InChI=1S/C21H26N2O3/c1-21(2,3)17-14-23(18-8-6-5-7-16(17)18)20(24)15-9-10-22-19(13-15)26-12-11-25-4/h5-10,13,17H,11-12,14H2,1-4H3. The van der Waals surface area contributed by atoms with Crippen LogP contribution in [0, 0.1) is 5.41 Å². The second-order valence-electron chi connectivity index (χ2n) is 7.62. The van der Waals surface area contributed by atoms with Crippen molar-refractivity contribution in [2.75, 3.05) is 31.8 Å². The Balaban J connectivity index is 1.86. The minimum Gasteiger partial charge on any atom is -0.475 e. The Morgan fingerprint density at radius 3 is 2.73 bits per heavy atom. The van der Waals surface area contributed by atoms with E-state index in [0.717, 1.165) is 5.69 Å². The van der Waals surface area contributed by atoms with Crippen LogP contribution in [0.4, 0.5) is 5.69 Å². The van der Waals surface area contributed by atoms with Gasteiger partial charge in [0.25, 0.3) is 5.91 Å². The lowest BCUT2D eigenvalue weighted by molar-refractivity contribution is 0.0984. The number of para-hydroxylation sites is 1. The van der Waals surface area contributed by atoms with Crippen molar-refractivity contribution in [3.8, 4) is 5.88 Å². The molecular formula is C21H26N2O3. The van der Waals surface area contributed by atoms with E-state index in [0.29, 0.717) is 37.1 Å². The number of hydrogen-bond donors (Lipinski definition) is 0. The first-order valence-corrected chi connectivity index (χ1v) is 8.90. The maximum absolute atomic E-state index is 13.2. The second kappa shape index (κ2) is 7.46. The molecule has 1 unspecified atom stereocenters. The van der Waals surface area contributed by atoms with Crippen molar-refractivity contribution in [3.05, 3.63) is 53.7 Å². The first-order valence-electron chi connectivity index (χ1n) is 8.90. The quantitative estimate of drug-likeness (QED) is 0.764. The van der Waals surface area contributed by atoms with Gasteiger partial charge in [0.05, 0.1) is 6.61 Å². The molecule has 0 N–H and O–H groups in total. The molecule has 0 aliphatic carbocycles. The van der Waals surface area contributed by atoms with E-state index in [1.54, 1.807) is 25.4 Å². The van der Waals surface area contributed by atoms with Gasteiger partial charge in [-0.2, -0.15) is 0 Å². The van der Waals surface area contributed by atoms with Gasteiger partial charge in [0, 0.05) is 43.1 Å². The van der Waals surface area contributed by atoms with Gasteiger partial charge in [-0.05, 0) is 23.1 Å². The van der Waals surface area contributed by atoms with Crippen molar-refractivity contribution in [2.45, 2.75) is 26.7 Å². The van der Waals surface area contributed by atoms with Crippen LogP contribution in [0.1, 0.15) is 42.6 Å². The van der Waals surface area contributed by atoms with Gasteiger partial charge in [0.1, 0.15) is 6.61 Å². The Morgan fingerprint density at radius 2 is 2.00 bits per heavy atom. The summed E-state index contributed by atoms with van der Waals surface area (Å²) >= 11 is 0. The van der Waals surface area contributed by atoms with E-state index >= 15 is 0 Å². The van der Waals surface area contributed by atoms with Gasteiger partial charge in [-0.15, -0.1) is 0 Å². The SMILES string of the molecule is COCCOc1cc(C(=O)N2CC(C(C)(C)C)c3ccccc32)ccn1. The number of nitrogens with zero attached hydrogens (tertiary/aromatic N) is 2. The molecule has 138 valence electrons. The van der Waals surface area contributed by atoms with Gasteiger partial charge in [-0.1, -0.05) is 39.0 Å². The molecule has 2 heterocycles. The number of carbonyl (C=O) groups excluding carboxylic acids is 1. The lowest BCUT2D eigenvalue weighted by atomic mass is 9.78. The molecule has 0 saturated carbocycles. The Kier molecular flexibility index (Phi) is 5.28. The van der Waals surface area contributed by atoms with E-state index in [-0.39, 0.29) is 11.3 Å². The lowest BCUT2D eigenvalue weighted by Gasteiger charge is -2.27. The summed E-state index contributed by atoms with van der Waals surface area (Å²) in [6.45, 7) is 8.22. The molecule has 1 atom stereocenters. The molecule has 0 fully saturated rings. The monoisotopic (exact) mass is 354 g/mol. The van der Waals surface area contributed by atoms with E-state index in [2.05, 4.69) is 31.8 Å². The van der Waals surface area contributed by atoms with Gasteiger partial charge in [0.15, 0.2) is 0 Å². The summed E-state index contributed by atoms with van der Waals surface area (Å²) in [7, 11) is 1.62. The van der Waals surface area contributed by atoms with E-state index in [1.807, 2.05) is 23.1 Å². The van der Waals surface area contributed by atoms with Crippen molar-refractivity contribution in [1.82, 2.24) is 4.98 Å². The Bertz CT molecular complexity index is 783. The number of pyridine rings is 1. The average Bonchev–Trinajstić information content (AvgIpc) is 3.02. The summed E-state index contributed by atoms with van der Waals surface area (Å²) in [5, 5.41) is 0. The van der Waals surface area contributed by atoms with Crippen LogP contribution in [0.5, 0.6) is 5.88 Å². The fourth-order valence-electron chi connectivity index (χ4n) is 3.35. The molecule has 1 aliphatic heterocycles. The number of ether oxygens (including phenoxy) is 2. The topological polar surface area (TPSA) is 51.7 Å². The summed E-state index contributed by atoms with van der Waals surface area (Å²) in [5.74, 6) is 0.720. The number of benzene rings is 1. The number of rotatable bonds is 5. The van der Waals surface area contributed by atoms with Crippen LogP contribution in [-0.4, -0.2) is 37.8 Å². The number of methoxy groups -OCH3 is 1. The first-order chi connectivity index (χ1) is 12.4. The van der Waals surface area contributed by atoms with Crippen LogP contribution < -0.4 is 9.64 Å². The molecule has 5 heteroatoms. The number of anilines is 1. The second-order valence-corrected chi connectivity index (χ2v) is 7.62. The summed E-state index contributed by atoms with van der Waals surface area (Å²) in [4.78, 5) is 19.2. The molecule has 0 radical (unpaired) electrons. The van der Waals surface area contributed by atoms with Gasteiger partial charge in [0.2, 0.25) is 5.88 Å². The van der Waals surface area contributed by atoms with E-state index in [9.17, 15) is 4.79 Å². The zero-order valence-corrected chi connectivity index (χ0v) is 15.9. The molecule has 2 aromatic rings. The van der Waals surface area contributed by atoms with Crippen LogP contribution in [0.2, 0.25) is 0 Å². The molecule has 0 bridgehead atoms. The highest BCUT2D eigenvalue weighted by Gasteiger charge is 2.38. The molecular weight excluding hydrogens is 328 g/mol. The van der Waals surface area contributed by atoms with Crippen molar-refractivity contribution in [1.29, 1.82) is 0 Å². The van der Waals surface area contributed by atoms with Crippen LogP contribution >= 0.6 is 0 Å². The number of amides is 1. The van der Waals surface area contributed by atoms with E-state index < -0.39 is 0 Å². The lowest BCUT2D eigenvalue weighted by Crippen LogP contribution is -2.32. The van der Waals surface area contributed by atoms with Crippen molar-refractivity contribution >= 4 is 11.6 Å². The molecule has 0 spiro atoms. The average molecular weight is 354 g/mol. The predicted molar refractivity (Wildman–Crippen MR) is 102 cm³/mol. The Hall–Kier alpha value is -2.40. The third kappa shape index (κ3) is 3.73. The van der Waals surface area contributed by atoms with Crippen LogP contribution in [0.25, 0.3) is 0 Å². The fourth-order valence-corrected chi connectivity index (χ4v) is 3.35. The largest absolute Gasteiger partial charge is 0.475 e. The summed E-state index contributed by atoms with van der Waals surface area (Å²) in [6.07, 6.45) is 1.61. The van der Waals surface area contributed by atoms with E-state index in [1.165, 1.54) is 5.56 Å². The highest BCUT2D eigenvalue weighted by molar-refractivity contribution is 6.07. The van der Waals surface area contributed by atoms with Gasteiger partial charge >= 0.3 is 0 Å². The summed E-state index contributed by atoms with van der Waals surface area (Å²) in [6, 6.07) is 11.6. The van der Waals surface area contributed by atoms with Crippen molar-refractivity contribution in [2.24, 2.45) is 5.41 Å². The molecule has 0 saturated heterocycles. The highest BCUT2D eigenvalue weighted by Crippen LogP contribution is 2.45. The normalized spacial score (nSPS) is 16.5. The zero-order chi connectivity index (χ0) is 18.7. The third-order valence-electron chi connectivity index (χ3n) is 4.78. The van der Waals surface area contributed by atoms with Gasteiger partial charge in [-0.3, -0.25) is 4.79 Å². The number of fused-ring (bicyclic) bond motifs is 1. The molecule has 1 aliphatic rings. The van der Waals surface area contributed by atoms with Gasteiger partial charge < -0.3 is 14.4 Å². The number of aromatic nitrogens is 1. The van der Waals surface area contributed by atoms with Crippen LogP contribution in [-0.2, 0) is 4.74 Å². The fraction of sp³-hybridized carbons (Fsp3) is 0.429. The number of hydrogen-bond acceptors (Lipinski definition) is 4. The van der Waals surface area contributed by atoms with Crippen molar-refractivity contribution in [3.63, 3.8) is 0 Å². The molecule has 1 amide bonds. The maximum atomic E-state index is 13.2. The van der Waals surface area contributed by atoms with Crippen LogP contribution in [0.15, 0.2) is 42.6 Å². The molecule has 3 rings (SSSR count). The highest BCUT2D eigenvalue weighted by atomic mass is 16.5. The smallest absolute Gasteiger partial charge is 0.258 e. The molecule has 1 aromatic carbocycles. The van der Waals surface area contributed by atoms with Crippen LogP contribution in [0.3, 0.4) is 0 Å². The Labute approximate surface area is 155 Å². The Morgan fingerprint density at radius 1 is 1.23 bits per heavy atom. The summed E-state index contributed by atoms with van der Waals surface area (Å²) < 4.78 is 10.5. The maximum Gasteiger partial charge on any atom is 0.258 e. The molecule has 5 nitrogen and oxygen atoms in total. The molecule has 1 aromatic heterocycles. The molecule has 26 heavy (non-hydrogen) atoms. The van der Waals surface area contributed by atoms with E-state index in [4.69, 9.17) is 9.47 Å². The summed E-state index contributed by atoms with van der Waals surface area (Å²) in [5.41, 5.74) is 2.89. The predicted octanol–water partition coefficient (Wildman–Crippen LogP) is 3.90.